The SMILES string of the molecule is COCc1ccccc1CNC(=O)C(=O)c1ccc(C(C)(C)C)cc1. The van der Waals surface area contributed by atoms with E-state index in [1.54, 1.807) is 19.2 Å². The highest BCUT2D eigenvalue weighted by Gasteiger charge is 2.18. The second-order valence-corrected chi connectivity index (χ2v) is 7.04. The molecule has 0 saturated heterocycles. The first kappa shape index (κ1) is 18.9. The maximum Gasteiger partial charge on any atom is 0.292 e. The van der Waals surface area contributed by atoms with E-state index in [0.717, 1.165) is 16.7 Å². The number of ketones is 1. The molecule has 0 aliphatic carbocycles. The van der Waals surface area contributed by atoms with Crippen LogP contribution in [0.25, 0.3) is 0 Å². The molecule has 0 bridgehead atoms. The molecule has 4 nitrogen and oxygen atoms in total. The second-order valence-electron chi connectivity index (χ2n) is 7.04. The number of amides is 1. The maximum atomic E-state index is 12.3. The van der Waals surface area contributed by atoms with E-state index in [9.17, 15) is 9.59 Å². The number of hydrogen-bond donors (Lipinski definition) is 1. The molecular formula is C21H25NO3. The molecule has 0 aliphatic heterocycles. The average Bonchev–Trinajstić information content (AvgIpc) is 2.59. The van der Waals surface area contributed by atoms with E-state index in [1.165, 1.54) is 0 Å². The van der Waals surface area contributed by atoms with Crippen LogP contribution in [0.15, 0.2) is 48.5 Å². The van der Waals surface area contributed by atoms with Gasteiger partial charge in [0.25, 0.3) is 5.91 Å². The lowest BCUT2D eigenvalue weighted by atomic mass is 9.86. The summed E-state index contributed by atoms with van der Waals surface area (Å²) < 4.78 is 5.15. The number of rotatable bonds is 6. The average molecular weight is 339 g/mol. The van der Waals surface area contributed by atoms with Crippen LogP contribution in [0.3, 0.4) is 0 Å². The van der Waals surface area contributed by atoms with Crippen LogP contribution in [0.4, 0.5) is 0 Å². The number of nitrogens with one attached hydrogen (secondary N) is 1. The smallest absolute Gasteiger partial charge is 0.292 e. The fraction of sp³-hybridized carbons (Fsp3) is 0.333. The fourth-order valence-corrected chi connectivity index (χ4v) is 2.53. The van der Waals surface area contributed by atoms with Gasteiger partial charge in [0.2, 0.25) is 5.78 Å². The van der Waals surface area contributed by atoms with Crippen LogP contribution < -0.4 is 5.32 Å². The van der Waals surface area contributed by atoms with Gasteiger partial charge < -0.3 is 10.1 Å². The van der Waals surface area contributed by atoms with Gasteiger partial charge in [-0.3, -0.25) is 9.59 Å². The minimum atomic E-state index is -0.601. The Balaban J connectivity index is 2.02. The first-order chi connectivity index (χ1) is 11.8. The number of methoxy groups -OCH3 is 1. The van der Waals surface area contributed by atoms with Gasteiger partial charge in [0.05, 0.1) is 6.61 Å². The lowest BCUT2D eigenvalue weighted by Crippen LogP contribution is -2.31. The van der Waals surface area contributed by atoms with Gasteiger partial charge in [-0.15, -0.1) is 0 Å². The molecule has 2 aromatic carbocycles. The van der Waals surface area contributed by atoms with Crippen LogP contribution in [0, 0.1) is 0 Å². The summed E-state index contributed by atoms with van der Waals surface area (Å²) in [6.45, 7) is 7.08. The second kappa shape index (κ2) is 8.08. The highest BCUT2D eigenvalue weighted by atomic mass is 16.5. The highest BCUT2D eigenvalue weighted by molar-refractivity contribution is 6.42. The van der Waals surface area contributed by atoms with E-state index in [0.29, 0.717) is 18.7 Å². The van der Waals surface area contributed by atoms with Gasteiger partial charge in [-0.2, -0.15) is 0 Å². The summed E-state index contributed by atoms with van der Waals surface area (Å²) in [6.07, 6.45) is 0. The van der Waals surface area contributed by atoms with E-state index in [2.05, 4.69) is 26.1 Å². The molecule has 25 heavy (non-hydrogen) atoms. The van der Waals surface area contributed by atoms with Crippen LogP contribution in [-0.2, 0) is 28.1 Å². The molecule has 4 heteroatoms. The van der Waals surface area contributed by atoms with Crippen LogP contribution in [0.1, 0.15) is 47.8 Å². The maximum absolute atomic E-state index is 12.3. The van der Waals surface area contributed by atoms with Gasteiger partial charge in [0, 0.05) is 19.2 Å². The van der Waals surface area contributed by atoms with Gasteiger partial charge in [-0.25, -0.2) is 0 Å². The summed E-state index contributed by atoms with van der Waals surface area (Å²) in [6, 6.07) is 14.9. The summed E-state index contributed by atoms with van der Waals surface area (Å²) in [5, 5.41) is 2.70. The predicted octanol–water partition coefficient (Wildman–Crippen LogP) is 3.63. The molecule has 0 unspecified atom stereocenters. The van der Waals surface area contributed by atoms with Crippen LogP contribution in [0.5, 0.6) is 0 Å². The van der Waals surface area contributed by atoms with Crippen LogP contribution in [0.2, 0.25) is 0 Å². The van der Waals surface area contributed by atoms with Crippen molar-refractivity contribution >= 4 is 11.7 Å². The monoisotopic (exact) mass is 339 g/mol. The van der Waals surface area contributed by atoms with Crippen LogP contribution in [-0.4, -0.2) is 18.8 Å². The lowest BCUT2D eigenvalue weighted by molar-refractivity contribution is -0.117. The Hall–Kier alpha value is -2.46. The Kier molecular flexibility index (Phi) is 6.10. The van der Waals surface area contributed by atoms with Gasteiger partial charge >= 0.3 is 0 Å². The van der Waals surface area contributed by atoms with Crippen molar-refractivity contribution in [1.82, 2.24) is 5.32 Å². The molecule has 1 amide bonds. The number of ether oxygens (including phenoxy) is 1. The topological polar surface area (TPSA) is 55.4 Å². The molecule has 0 aliphatic rings. The van der Waals surface area contributed by atoms with Gasteiger partial charge in [-0.1, -0.05) is 69.3 Å². The quantitative estimate of drug-likeness (QED) is 0.646. The first-order valence-electron chi connectivity index (χ1n) is 8.31. The number of hydrogen-bond acceptors (Lipinski definition) is 3. The van der Waals surface area contributed by atoms with Crippen molar-refractivity contribution in [3.63, 3.8) is 0 Å². The van der Waals surface area contributed by atoms with E-state index in [1.807, 2.05) is 36.4 Å². The Bertz CT molecular complexity index is 742. The first-order valence-corrected chi connectivity index (χ1v) is 8.31. The third-order valence-electron chi connectivity index (χ3n) is 4.08. The van der Waals surface area contributed by atoms with Crippen molar-refractivity contribution in [3.8, 4) is 0 Å². The summed E-state index contributed by atoms with van der Waals surface area (Å²) in [5.74, 6) is -1.12. The Morgan fingerprint density at radius 2 is 1.56 bits per heavy atom. The zero-order valence-corrected chi connectivity index (χ0v) is 15.3. The zero-order valence-electron chi connectivity index (χ0n) is 15.3. The molecule has 0 atom stereocenters. The summed E-state index contributed by atoms with van der Waals surface area (Å²) in [7, 11) is 1.63. The van der Waals surface area contributed by atoms with Crippen molar-refractivity contribution in [2.45, 2.75) is 39.3 Å². The molecule has 0 aromatic heterocycles. The normalized spacial score (nSPS) is 11.2. The Morgan fingerprint density at radius 3 is 2.12 bits per heavy atom. The Labute approximate surface area is 149 Å². The standard InChI is InChI=1S/C21H25NO3/c1-21(2,3)18-11-9-15(10-12-18)19(23)20(24)22-13-16-7-5-6-8-17(16)14-25-4/h5-12H,13-14H2,1-4H3,(H,22,24). The molecule has 2 aromatic rings. The molecule has 0 heterocycles. The molecule has 0 saturated carbocycles. The van der Waals surface area contributed by atoms with Crippen LogP contribution >= 0.6 is 0 Å². The molecule has 132 valence electrons. The van der Waals surface area contributed by atoms with Crippen molar-refractivity contribution in [2.24, 2.45) is 0 Å². The molecule has 0 radical (unpaired) electrons. The summed E-state index contributed by atoms with van der Waals surface area (Å²) in [5.41, 5.74) is 3.46. The summed E-state index contributed by atoms with van der Waals surface area (Å²) >= 11 is 0. The third kappa shape index (κ3) is 5.00. The molecule has 0 spiro atoms. The van der Waals surface area contributed by atoms with E-state index in [-0.39, 0.29) is 5.41 Å². The minimum absolute atomic E-state index is 0.00882. The van der Waals surface area contributed by atoms with Gasteiger partial charge in [-0.05, 0) is 22.1 Å². The molecule has 1 N–H and O–H groups in total. The molecular weight excluding hydrogens is 314 g/mol. The molecule has 2 rings (SSSR count). The van der Waals surface area contributed by atoms with Crippen molar-refractivity contribution in [3.05, 3.63) is 70.8 Å². The van der Waals surface area contributed by atoms with Gasteiger partial charge in [0.1, 0.15) is 0 Å². The molecule has 0 fully saturated rings. The zero-order chi connectivity index (χ0) is 18.4. The lowest BCUT2D eigenvalue weighted by Gasteiger charge is -2.18. The van der Waals surface area contributed by atoms with Gasteiger partial charge in [0.15, 0.2) is 0 Å². The van der Waals surface area contributed by atoms with Crippen molar-refractivity contribution < 1.29 is 14.3 Å². The van der Waals surface area contributed by atoms with E-state index in [4.69, 9.17) is 4.74 Å². The largest absolute Gasteiger partial charge is 0.380 e. The van der Waals surface area contributed by atoms with Crippen molar-refractivity contribution in [2.75, 3.05) is 7.11 Å². The third-order valence-corrected chi connectivity index (χ3v) is 4.08. The number of Topliss-reactive ketones (excluding diaryl/α,β-unsaturated/α-hetero) is 1. The summed E-state index contributed by atoms with van der Waals surface area (Å²) in [4.78, 5) is 24.5. The Morgan fingerprint density at radius 1 is 0.960 bits per heavy atom. The van der Waals surface area contributed by atoms with E-state index < -0.39 is 11.7 Å². The number of carbonyl (C=O) groups is 2. The number of benzene rings is 2. The fourth-order valence-electron chi connectivity index (χ4n) is 2.53. The minimum Gasteiger partial charge on any atom is -0.380 e. The highest BCUT2D eigenvalue weighted by Crippen LogP contribution is 2.22. The number of carbonyl (C=O) groups excluding carboxylic acids is 2. The van der Waals surface area contributed by atoms with Crippen molar-refractivity contribution in [1.29, 1.82) is 0 Å². The van der Waals surface area contributed by atoms with E-state index >= 15 is 0 Å². The predicted molar refractivity (Wildman–Crippen MR) is 98.5 cm³/mol.